The van der Waals surface area contributed by atoms with Crippen molar-refractivity contribution in [1.82, 2.24) is 5.16 Å². The number of esters is 1. The summed E-state index contributed by atoms with van der Waals surface area (Å²) in [5, 5.41) is 14.4. The Bertz CT molecular complexity index is 648. The highest BCUT2D eigenvalue weighted by Crippen LogP contribution is 2.08. The molecule has 0 aliphatic carbocycles. The summed E-state index contributed by atoms with van der Waals surface area (Å²) in [5.74, 6) is -1.62. The molecular formula is C12H11N3O5. The van der Waals surface area contributed by atoms with E-state index in [9.17, 15) is 14.8 Å². The number of benzene rings is 1. The van der Waals surface area contributed by atoms with Crippen LogP contribution in [0.1, 0.15) is 32.1 Å². The summed E-state index contributed by atoms with van der Waals surface area (Å²) >= 11 is 0. The highest BCUT2D eigenvalue weighted by molar-refractivity contribution is 5.91. The fraction of sp³-hybridized carbons (Fsp3) is 0.167. The number of amides is 1. The first-order valence-electron chi connectivity index (χ1n) is 5.61. The predicted octanol–water partition coefficient (Wildman–Crippen LogP) is 0.0723. The van der Waals surface area contributed by atoms with Crippen LogP contribution >= 0.6 is 0 Å². The Morgan fingerprint density at radius 1 is 1.40 bits per heavy atom. The van der Waals surface area contributed by atoms with E-state index in [1.54, 1.807) is 24.3 Å². The van der Waals surface area contributed by atoms with E-state index in [1.807, 2.05) is 6.92 Å². The highest BCUT2D eigenvalue weighted by Gasteiger charge is 2.25. The molecule has 0 atom stereocenters. The molecule has 8 heteroatoms. The number of nitrogens with zero attached hydrogens (tertiary/aromatic N) is 2. The molecule has 0 unspecified atom stereocenters. The van der Waals surface area contributed by atoms with E-state index in [4.69, 9.17) is 10.5 Å². The summed E-state index contributed by atoms with van der Waals surface area (Å²) in [5.41, 5.74) is 5.72. The molecule has 0 aliphatic rings. The molecule has 0 spiro atoms. The summed E-state index contributed by atoms with van der Waals surface area (Å²) in [4.78, 5) is 22.6. The van der Waals surface area contributed by atoms with Gasteiger partial charge in [-0.05, 0) is 24.0 Å². The lowest BCUT2D eigenvalue weighted by atomic mass is 10.1. The van der Waals surface area contributed by atoms with Gasteiger partial charge >= 0.3 is 5.97 Å². The Kier molecular flexibility index (Phi) is 3.65. The molecule has 0 saturated carbocycles. The number of aromatic nitrogens is 2. The van der Waals surface area contributed by atoms with Crippen LogP contribution in [-0.2, 0) is 11.3 Å². The number of hydrogen-bond acceptors (Lipinski definition) is 6. The predicted molar refractivity (Wildman–Crippen MR) is 64.3 cm³/mol. The van der Waals surface area contributed by atoms with Crippen molar-refractivity contribution < 1.29 is 23.9 Å². The third-order valence-corrected chi connectivity index (χ3v) is 2.54. The van der Waals surface area contributed by atoms with Crippen LogP contribution < -0.4 is 10.6 Å². The van der Waals surface area contributed by atoms with E-state index in [-0.39, 0.29) is 17.2 Å². The average molecular weight is 277 g/mol. The van der Waals surface area contributed by atoms with Crippen LogP contribution in [0.15, 0.2) is 28.9 Å². The SMILES string of the molecule is Cc1ccc(C(=O)OCc2no[n+]([O-])c2C(N)=O)cc1. The second-order valence-electron chi connectivity index (χ2n) is 4.03. The fourth-order valence-electron chi connectivity index (χ4n) is 1.51. The molecular weight excluding hydrogens is 266 g/mol. The number of ether oxygens (including phenoxy) is 1. The summed E-state index contributed by atoms with van der Waals surface area (Å²) in [7, 11) is 0. The minimum atomic E-state index is -1.01. The Labute approximate surface area is 113 Å². The molecule has 2 rings (SSSR count). The van der Waals surface area contributed by atoms with Crippen LogP contribution in [0.25, 0.3) is 0 Å². The molecule has 0 fully saturated rings. The van der Waals surface area contributed by atoms with Crippen LogP contribution in [-0.4, -0.2) is 17.0 Å². The van der Waals surface area contributed by atoms with Gasteiger partial charge in [-0.2, -0.15) is 0 Å². The van der Waals surface area contributed by atoms with Gasteiger partial charge in [0.1, 0.15) is 0 Å². The number of aryl methyl sites for hydroxylation is 1. The van der Waals surface area contributed by atoms with E-state index in [2.05, 4.69) is 9.79 Å². The van der Waals surface area contributed by atoms with Gasteiger partial charge in [0.05, 0.1) is 5.56 Å². The molecule has 104 valence electrons. The Morgan fingerprint density at radius 2 is 2.05 bits per heavy atom. The fourth-order valence-corrected chi connectivity index (χ4v) is 1.51. The zero-order valence-corrected chi connectivity index (χ0v) is 10.5. The monoisotopic (exact) mass is 277 g/mol. The van der Waals surface area contributed by atoms with Crippen LogP contribution in [0.5, 0.6) is 0 Å². The molecule has 2 N–H and O–H groups in total. The van der Waals surface area contributed by atoms with E-state index in [1.165, 1.54) is 0 Å². The van der Waals surface area contributed by atoms with Gasteiger partial charge in [-0.3, -0.25) is 9.42 Å². The van der Waals surface area contributed by atoms with Gasteiger partial charge in [0.2, 0.25) is 0 Å². The maximum atomic E-state index is 11.7. The van der Waals surface area contributed by atoms with E-state index < -0.39 is 17.6 Å². The highest BCUT2D eigenvalue weighted by atomic mass is 16.8. The summed E-state index contributed by atoms with van der Waals surface area (Å²) in [6.07, 6.45) is 0. The van der Waals surface area contributed by atoms with Crippen molar-refractivity contribution in [3.05, 3.63) is 52.0 Å². The van der Waals surface area contributed by atoms with Crippen molar-refractivity contribution in [3.63, 3.8) is 0 Å². The molecule has 20 heavy (non-hydrogen) atoms. The quantitative estimate of drug-likeness (QED) is 0.623. The molecule has 1 aromatic heterocycles. The van der Waals surface area contributed by atoms with Crippen LogP contribution in [0.3, 0.4) is 0 Å². The summed E-state index contributed by atoms with van der Waals surface area (Å²) in [6.45, 7) is 1.50. The normalized spacial score (nSPS) is 10.2. The van der Waals surface area contributed by atoms with Crippen LogP contribution in [0.4, 0.5) is 0 Å². The lowest BCUT2D eigenvalue weighted by Gasteiger charge is -2.02. The van der Waals surface area contributed by atoms with Crippen molar-refractivity contribution in [2.75, 3.05) is 0 Å². The smallest absolute Gasteiger partial charge is 0.338 e. The van der Waals surface area contributed by atoms with Gasteiger partial charge in [0, 0.05) is 5.16 Å². The number of carbonyl (C=O) groups is 2. The Morgan fingerprint density at radius 3 is 2.65 bits per heavy atom. The van der Waals surface area contributed by atoms with E-state index in [0.717, 1.165) is 5.56 Å². The first-order chi connectivity index (χ1) is 9.49. The van der Waals surface area contributed by atoms with Crippen molar-refractivity contribution in [2.24, 2.45) is 5.73 Å². The van der Waals surface area contributed by atoms with Gasteiger partial charge in [-0.15, -0.1) is 0 Å². The topological polar surface area (TPSA) is 122 Å². The van der Waals surface area contributed by atoms with Crippen LogP contribution in [0.2, 0.25) is 0 Å². The summed E-state index contributed by atoms with van der Waals surface area (Å²) < 4.78 is 9.17. The third-order valence-electron chi connectivity index (χ3n) is 2.54. The number of hydrogen-bond donors (Lipinski definition) is 1. The molecule has 8 nitrogen and oxygen atoms in total. The zero-order chi connectivity index (χ0) is 14.7. The van der Waals surface area contributed by atoms with E-state index >= 15 is 0 Å². The first kappa shape index (κ1) is 13.5. The number of rotatable bonds is 4. The Hall–Kier alpha value is -2.90. The van der Waals surface area contributed by atoms with Gasteiger partial charge in [-0.1, -0.05) is 17.7 Å². The summed E-state index contributed by atoms with van der Waals surface area (Å²) in [6, 6.07) is 6.72. The lowest BCUT2D eigenvalue weighted by molar-refractivity contribution is -0.803. The van der Waals surface area contributed by atoms with Gasteiger partial charge < -0.3 is 15.7 Å². The maximum Gasteiger partial charge on any atom is 0.338 e. The first-order valence-corrected chi connectivity index (χ1v) is 5.61. The van der Waals surface area contributed by atoms with Crippen molar-refractivity contribution in [3.8, 4) is 0 Å². The molecule has 1 aromatic carbocycles. The molecule has 0 aliphatic heterocycles. The average Bonchev–Trinajstić information content (AvgIpc) is 2.78. The molecule has 2 aromatic rings. The largest absolute Gasteiger partial charge is 0.453 e. The second-order valence-corrected chi connectivity index (χ2v) is 4.03. The van der Waals surface area contributed by atoms with E-state index in [0.29, 0.717) is 5.56 Å². The van der Waals surface area contributed by atoms with Gasteiger partial charge in [-0.25, -0.2) is 4.79 Å². The second kappa shape index (κ2) is 5.39. The zero-order valence-electron chi connectivity index (χ0n) is 10.5. The van der Waals surface area contributed by atoms with Crippen LogP contribution in [0, 0.1) is 12.1 Å². The standard InChI is InChI=1S/C12H11N3O5/c1-7-2-4-8(5-3-7)12(17)19-6-9-10(11(13)16)15(18)20-14-9/h2-5H,6H2,1H3,(H2,13,16). The minimum Gasteiger partial charge on any atom is -0.453 e. The Balaban J connectivity index is 2.07. The van der Waals surface area contributed by atoms with Crippen molar-refractivity contribution in [2.45, 2.75) is 13.5 Å². The third kappa shape index (κ3) is 2.74. The number of nitrogens with two attached hydrogens (primary N) is 1. The molecule has 1 heterocycles. The molecule has 0 radical (unpaired) electrons. The van der Waals surface area contributed by atoms with Crippen molar-refractivity contribution in [1.29, 1.82) is 0 Å². The van der Waals surface area contributed by atoms with Gasteiger partial charge in [0.15, 0.2) is 6.61 Å². The molecule has 0 bridgehead atoms. The number of carbonyl (C=O) groups excluding carboxylic acids is 2. The molecule has 1 amide bonds. The van der Waals surface area contributed by atoms with Gasteiger partial charge in [0.25, 0.3) is 17.3 Å². The maximum absolute atomic E-state index is 11.7. The molecule has 0 saturated heterocycles. The lowest BCUT2D eigenvalue weighted by Crippen LogP contribution is -2.35. The number of primary amides is 1. The van der Waals surface area contributed by atoms with Crippen molar-refractivity contribution >= 4 is 11.9 Å². The minimum absolute atomic E-state index is 0.128.